The maximum absolute atomic E-state index is 5.86. The van der Waals surface area contributed by atoms with Gasteiger partial charge in [0.05, 0.1) is 11.7 Å². The van der Waals surface area contributed by atoms with E-state index in [1.165, 1.54) is 0 Å². The summed E-state index contributed by atoms with van der Waals surface area (Å²) in [6.07, 6.45) is 0.143. The van der Waals surface area contributed by atoms with Crippen LogP contribution in [0.5, 0.6) is 5.75 Å². The molecule has 0 aliphatic carbocycles. The van der Waals surface area contributed by atoms with E-state index in [9.17, 15) is 0 Å². The Hall–Kier alpha value is -1.42. The third-order valence-electron chi connectivity index (χ3n) is 2.63. The Kier molecular flexibility index (Phi) is 2.68. The van der Waals surface area contributed by atoms with Crippen LogP contribution < -0.4 is 21.1 Å². The average molecular weight is 207 g/mol. The Balaban J connectivity index is 2.22. The molecule has 1 aliphatic rings. The van der Waals surface area contributed by atoms with Crippen molar-refractivity contribution in [3.63, 3.8) is 0 Å². The summed E-state index contributed by atoms with van der Waals surface area (Å²) in [7, 11) is 1.92. The van der Waals surface area contributed by atoms with E-state index in [4.69, 9.17) is 10.5 Å². The van der Waals surface area contributed by atoms with Crippen molar-refractivity contribution in [1.82, 2.24) is 5.32 Å². The molecular weight excluding hydrogens is 190 g/mol. The third-order valence-corrected chi connectivity index (χ3v) is 2.63. The van der Waals surface area contributed by atoms with E-state index in [0.29, 0.717) is 6.04 Å². The summed E-state index contributed by atoms with van der Waals surface area (Å²) in [4.78, 5) is 0. The number of hydrogen-bond acceptors (Lipinski definition) is 4. The number of anilines is 2. The van der Waals surface area contributed by atoms with Crippen molar-refractivity contribution in [3.05, 3.63) is 18.2 Å². The molecule has 82 valence electrons. The maximum Gasteiger partial charge on any atom is 0.145 e. The van der Waals surface area contributed by atoms with Crippen molar-refractivity contribution in [3.8, 4) is 5.75 Å². The molecule has 2 unspecified atom stereocenters. The molecule has 4 nitrogen and oxygen atoms in total. The van der Waals surface area contributed by atoms with E-state index in [2.05, 4.69) is 17.6 Å². The molecule has 0 radical (unpaired) electrons. The lowest BCUT2D eigenvalue weighted by Crippen LogP contribution is -2.45. The number of nitrogen functional groups attached to an aromatic ring is 1. The van der Waals surface area contributed by atoms with E-state index in [1.54, 1.807) is 0 Å². The van der Waals surface area contributed by atoms with Crippen molar-refractivity contribution in [2.24, 2.45) is 0 Å². The second kappa shape index (κ2) is 3.98. The van der Waals surface area contributed by atoms with E-state index in [0.717, 1.165) is 23.7 Å². The summed E-state index contributed by atoms with van der Waals surface area (Å²) in [6.45, 7) is 2.93. The SMILES string of the molecule is CNCC1Oc2cc(N)ccc2NC1C. The molecule has 2 rings (SSSR count). The molecule has 4 N–H and O–H groups in total. The number of likely N-dealkylation sites (N-methyl/N-ethyl adjacent to an activating group) is 1. The van der Waals surface area contributed by atoms with Gasteiger partial charge in [0.2, 0.25) is 0 Å². The maximum atomic E-state index is 5.86. The first-order valence-corrected chi connectivity index (χ1v) is 5.18. The van der Waals surface area contributed by atoms with Gasteiger partial charge < -0.3 is 21.1 Å². The zero-order valence-electron chi connectivity index (χ0n) is 9.08. The van der Waals surface area contributed by atoms with Gasteiger partial charge in [-0.1, -0.05) is 0 Å². The van der Waals surface area contributed by atoms with Crippen molar-refractivity contribution >= 4 is 11.4 Å². The molecular formula is C11H17N3O. The van der Waals surface area contributed by atoms with Crippen LogP contribution in [0.3, 0.4) is 0 Å². The lowest BCUT2D eigenvalue weighted by atomic mass is 10.1. The number of ether oxygens (including phenoxy) is 1. The predicted octanol–water partition coefficient (Wildman–Crippen LogP) is 1.05. The van der Waals surface area contributed by atoms with Crippen LogP contribution in [0.15, 0.2) is 18.2 Å². The van der Waals surface area contributed by atoms with Crippen LogP contribution in [0.1, 0.15) is 6.92 Å². The monoisotopic (exact) mass is 207 g/mol. The first-order valence-electron chi connectivity index (χ1n) is 5.18. The minimum Gasteiger partial charge on any atom is -0.485 e. The largest absolute Gasteiger partial charge is 0.485 e. The highest BCUT2D eigenvalue weighted by molar-refractivity contribution is 5.64. The number of rotatable bonds is 2. The van der Waals surface area contributed by atoms with Crippen LogP contribution >= 0.6 is 0 Å². The number of fused-ring (bicyclic) bond motifs is 1. The second-order valence-corrected chi connectivity index (χ2v) is 3.90. The van der Waals surface area contributed by atoms with E-state index in [-0.39, 0.29) is 6.10 Å². The van der Waals surface area contributed by atoms with Gasteiger partial charge in [-0.3, -0.25) is 0 Å². The molecule has 0 aromatic heterocycles. The molecule has 4 heteroatoms. The van der Waals surface area contributed by atoms with Gasteiger partial charge >= 0.3 is 0 Å². The number of nitrogens with two attached hydrogens (primary N) is 1. The van der Waals surface area contributed by atoms with Gasteiger partial charge in [-0.05, 0) is 26.1 Å². The minimum atomic E-state index is 0.143. The Bertz CT molecular complexity index is 354. The van der Waals surface area contributed by atoms with Crippen LogP contribution in [0.25, 0.3) is 0 Å². The molecule has 1 heterocycles. The molecule has 15 heavy (non-hydrogen) atoms. The molecule has 1 aromatic carbocycles. The third kappa shape index (κ3) is 1.99. The first-order chi connectivity index (χ1) is 7.20. The van der Waals surface area contributed by atoms with Gasteiger partial charge in [-0.25, -0.2) is 0 Å². The number of nitrogens with one attached hydrogen (secondary N) is 2. The fourth-order valence-corrected chi connectivity index (χ4v) is 1.78. The van der Waals surface area contributed by atoms with Gasteiger partial charge in [0.15, 0.2) is 0 Å². The Morgan fingerprint density at radius 1 is 1.53 bits per heavy atom. The minimum absolute atomic E-state index is 0.143. The summed E-state index contributed by atoms with van der Waals surface area (Å²) < 4.78 is 5.86. The summed E-state index contributed by atoms with van der Waals surface area (Å²) in [5.41, 5.74) is 7.46. The second-order valence-electron chi connectivity index (χ2n) is 3.90. The molecule has 1 aromatic rings. The molecule has 0 amide bonds. The van der Waals surface area contributed by atoms with Crippen LogP contribution in [0.4, 0.5) is 11.4 Å². The van der Waals surface area contributed by atoms with Crippen LogP contribution in [-0.2, 0) is 0 Å². The molecule has 0 saturated carbocycles. The number of hydrogen-bond donors (Lipinski definition) is 3. The van der Waals surface area contributed by atoms with Crippen LogP contribution in [0, 0.1) is 0 Å². The summed E-state index contributed by atoms with van der Waals surface area (Å²) >= 11 is 0. The lowest BCUT2D eigenvalue weighted by molar-refractivity contribution is 0.174. The topological polar surface area (TPSA) is 59.3 Å². The Labute approximate surface area is 89.8 Å². The zero-order valence-corrected chi connectivity index (χ0v) is 9.08. The fraction of sp³-hybridized carbons (Fsp3) is 0.455. The van der Waals surface area contributed by atoms with Crippen molar-refractivity contribution in [2.45, 2.75) is 19.1 Å². The molecule has 0 fully saturated rings. The standard InChI is InChI=1S/C11H17N3O/c1-7-11(6-13-2)15-10-5-8(12)3-4-9(10)14-7/h3-5,7,11,13-14H,6,12H2,1-2H3. The highest BCUT2D eigenvalue weighted by Crippen LogP contribution is 2.32. The average Bonchev–Trinajstić information content (AvgIpc) is 2.20. The highest BCUT2D eigenvalue weighted by atomic mass is 16.5. The van der Waals surface area contributed by atoms with Gasteiger partial charge in [0, 0.05) is 18.3 Å². The first kappa shape index (κ1) is 10.1. The molecule has 0 saturated heterocycles. The fourth-order valence-electron chi connectivity index (χ4n) is 1.78. The zero-order chi connectivity index (χ0) is 10.8. The molecule has 0 spiro atoms. The predicted molar refractivity (Wildman–Crippen MR) is 62.3 cm³/mol. The van der Waals surface area contributed by atoms with Crippen molar-refractivity contribution in [2.75, 3.05) is 24.6 Å². The van der Waals surface area contributed by atoms with Crippen LogP contribution in [0.2, 0.25) is 0 Å². The van der Waals surface area contributed by atoms with Gasteiger partial charge in [-0.2, -0.15) is 0 Å². The molecule has 0 bridgehead atoms. The Morgan fingerprint density at radius 2 is 2.33 bits per heavy atom. The van der Waals surface area contributed by atoms with E-state index < -0.39 is 0 Å². The Morgan fingerprint density at radius 3 is 3.07 bits per heavy atom. The van der Waals surface area contributed by atoms with Crippen LogP contribution in [-0.4, -0.2) is 25.7 Å². The van der Waals surface area contributed by atoms with Gasteiger partial charge in [0.25, 0.3) is 0 Å². The summed E-state index contributed by atoms with van der Waals surface area (Å²) in [5.74, 6) is 0.841. The highest BCUT2D eigenvalue weighted by Gasteiger charge is 2.25. The van der Waals surface area contributed by atoms with Crippen molar-refractivity contribution in [1.29, 1.82) is 0 Å². The number of benzene rings is 1. The van der Waals surface area contributed by atoms with E-state index in [1.807, 2.05) is 25.2 Å². The molecule has 2 atom stereocenters. The van der Waals surface area contributed by atoms with Gasteiger partial charge in [-0.15, -0.1) is 0 Å². The quantitative estimate of drug-likeness (QED) is 0.634. The normalized spacial score (nSPS) is 23.9. The summed E-state index contributed by atoms with van der Waals surface area (Å²) in [6, 6.07) is 5.99. The lowest BCUT2D eigenvalue weighted by Gasteiger charge is -2.33. The van der Waals surface area contributed by atoms with Gasteiger partial charge in [0.1, 0.15) is 11.9 Å². The molecule has 1 aliphatic heterocycles. The van der Waals surface area contributed by atoms with Crippen molar-refractivity contribution < 1.29 is 4.74 Å². The smallest absolute Gasteiger partial charge is 0.145 e. The van der Waals surface area contributed by atoms with E-state index >= 15 is 0 Å². The summed E-state index contributed by atoms with van der Waals surface area (Å²) in [5, 5.41) is 6.52.